The maximum atomic E-state index is 6.18. The predicted molar refractivity (Wildman–Crippen MR) is 82.0 cm³/mol. The molecular weight excluding hydrogens is 312 g/mol. The normalized spacial score (nSPS) is 12.2. The smallest absolute Gasteiger partial charge is 0.0589 e. The van der Waals surface area contributed by atoms with Gasteiger partial charge in [0.25, 0.3) is 0 Å². The summed E-state index contributed by atoms with van der Waals surface area (Å²) in [7, 11) is 0. The highest BCUT2D eigenvalue weighted by Gasteiger charge is 2.10. The van der Waals surface area contributed by atoms with Gasteiger partial charge in [0.05, 0.1) is 17.4 Å². The molecular formula is C14H14BrClN2. The first-order chi connectivity index (χ1) is 8.58. The maximum Gasteiger partial charge on any atom is 0.0589 e. The van der Waals surface area contributed by atoms with Crippen LogP contribution in [0.25, 0.3) is 0 Å². The lowest BCUT2D eigenvalue weighted by Crippen LogP contribution is -2.08. The van der Waals surface area contributed by atoms with E-state index in [0.29, 0.717) is 0 Å². The Balaban J connectivity index is 2.24. The molecule has 2 rings (SSSR count). The van der Waals surface area contributed by atoms with Crippen LogP contribution in [0.2, 0.25) is 5.02 Å². The topological polar surface area (TPSA) is 38.0 Å². The molecule has 0 saturated carbocycles. The molecule has 0 heterocycles. The van der Waals surface area contributed by atoms with Crippen molar-refractivity contribution in [3.63, 3.8) is 0 Å². The number of rotatable bonds is 3. The van der Waals surface area contributed by atoms with Gasteiger partial charge in [-0.2, -0.15) is 0 Å². The number of nitrogens with two attached hydrogens (primary N) is 1. The lowest BCUT2D eigenvalue weighted by atomic mass is 10.1. The highest BCUT2D eigenvalue weighted by molar-refractivity contribution is 9.10. The van der Waals surface area contributed by atoms with Crippen molar-refractivity contribution in [1.82, 2.24) is 0 Å². The van der Waals surface area contributed by atoms with Crippen molar-refractivity contribution in [2.45, 2.75) is 13.0 Å². The minimum absolute atomic E-state index is 0.0929. The third kappa shape index (κ3) is 2.98. The standard InChI is InChI=1S/C14H14BrClN2/c1-9(11-4-2-3-5-12(11)16)18-14-8-10(15)6-7-13(14)17/h2-9,18H,17H2,1H3. The van der Waals surface area contributed by atoms with Crippen LogP contribution in [0.4, 0.5) is 11.4 Å². The van der Waals surface area contributed by atoms with Gasteiger partial charge in [-0.3, -0.25) is 0 Å². The van der Waals surface area contributed by atoms with E-state index in [1.54, 1.807) is 0 Å². The number of hydrogen-bond donors (Lipinski definition) is 2. The molecule has 0 aliphatic heterocycles. The van der Waals surface area contributed by atoms with E-state index in [2.05, 4.69) is 28.2 Å². The molecule has 4 heteroatoms. The molecule has 0 aromatic heterocycles. The molecule has 0 radical (unpaired) electrons. The summed E-state index contributed by atoms with van der Waals surface area (Å²) < 4.78 is 0.991. The summed E-state index contributed by atoms with van der Waals surface area (Å²) in [5.74, 6) is 0. The molecule has 0 amide bonds. The molecule has 2 aromatic rings. The number of anilines is 2. The first kappa shape index (κ1) is 13.2. The molecule has 0 bridgehead atoms. The third-order valence-corrected chi connectivity index (χ3v) is 3.60. The number of nitrogens with one attached hydrogen (secondary N) is 1. The van der Waals surface area contributed by atoms with E-state index in [9.17, 15) is 0 Å². The first-order valence-electron chi connectivity index (χ1n) is 5.64. The first-order valence-corrected chi connectivity index (χ1v) is 6.81. The van der Waals surface area contributed by atoms with Gasteiger partial charge in [-0.15, -0.1) is 0 Å². The van der Waals surface area contributed by atoms with Crippen molar-refractivity contribution >= 4 is 38.9 Å². The molecule has 0 fully saturated rings. The Labute approximate surface area is 120 Å². The highest BCUT2D eigenvalue weighted by atomic mass is 79.9. The summed E-state index contributed by atoms with van der Waals surface area (Å²) in [6.45, 7) is 2.06. The molecule has 0 saturated heterocycles. The predicted octanol–water partition coefficient (Wildman–Crippen LogP) is 4.86. The van der Waals surface area contributed by atoms with Gasteiger partial charge in [0.1, 0.15) is 0 Å². The van der Waals surface area contributed by atoms with Crippen LogP contribution in [-0.2, 0) is 0 Å². The van der Waals surface area contributed by atoms with Gasteiger partial charge in [-0.1, -0.05) is 45.7 Å². The van der Waals surface area contributed by atoms with E-state index >= 15 is 0 Å². The summed E-state index contributed by atoms with van der Waals surface area (Å²) in [6, 6.07) is 13.6. The monoisotopic (exact) mass is 324 g/mol. The van der Waals surface area contributed by atoms with Gasteiger partial charge in [-0.05, 0) is 36.8 Å². The van der Waals surface area contributed by atoms with Crippen molar-refractivity contribution in [3.8, 4) is 0 Å². The van der Waals surface area contributed by atoms with Crippen molar-refractivity contribution < 1.29 is 0 Å². The molecule has 94 valence electrons. The molecule has 2 aromatic carbocycles. The van der Waals surface area contributed by atoms with E-state index in [1.165, 1.54) is 0 Å². The van der Waals surface area contributed by atoms with Gasteiger partial charge in [0, 0.05) is 9.50 Å². The average Bonchev–Trinajstić information content (AvgIpc) is 2.34. The summed E-state index contributed by atoms with van der Waals surface area (Å²) in [4.78, 5) is 0. The maximum absolute atomic E-state index is 6.18. The third-order valence-electron chi connectivity index (χ3n) is 2.76. The highest BCUT2D eigenvalue weighted by Crippen LogP contribution is 2.29. The zero-order chi connectivity index (χ0) is 13.1. The SMILES string of the molecule is CC(Nc1cc(Br)ccc1N)c1ccccc1Cl. The fourth-order valence-electron chi connectivity index (χ4n) is 1.79. The molecule has 0 aliphatic carbocycles. The van der Waals surface area contributed by atoms with Gasteiger partial charge in [0.2, 0.25) is 0 Å². The van der Waals surface area contributed by atoms with E-state index < -0.39 is 0 Å². The van der Waals surface area contributed by atoms with Crippen molar-refractivity contribution in [1.29, 1.82) is 0 Å². The van der Waals surface area contributed by atoms with Gasteiger partial charge < -0.3 is 11.1 Å². The molecule has 1 atom stereocenters. The van der Waals surface area contributed by atoms with Crippen LogP contribution in [0.15, 0.2) is 46.9 Å². The summed E-state index contributed by atoms with van der Waals surface area (Å²) in [5.41, 5.74) is 8.61. The van der Waals surface area contributed by atoms with Crippen molar-refractivity contribution in [3.05, 3.63) is 57.5 Å². The van der Waals surface area contributed by atoms with Crippen molar-refractivity contribution in [2.75, 3.05) is 11.1 Å². The minimum Gasteiger partial charge on any atom is -0.397 e. The lowest BCUT2D eigenvalue weighted by molar-refractivity contribution is 0.885. The summed E-state index contributed by atoms with van der Waals surface area (Å²) in [5, 5.41) is 4.12. The van der Waals surface area contributed by atoms with Crippen LogP contribution in [0, 0.1) is 0 Å². The van der Waals surface area contributed by atoms with Crippen LogP contribution in [-0.4, -0.2) is 0 Å². The molecule has 3 N–H and O–H groups in total. The Morgan fingerprint density at radius 3 is 2.67 bits per heavy atom. The Kier molecular flexibility index (Phi) is 4.15. The Bertz CT molecular complexity index is 557. The van der Waals surface area contributed by atoms with Crippen LogP contribution >= 0.6 is 27.5 Å². The van der Waals surface area contributed by atoms with E-state index in [0.717, 1.165) is 26.4 Å². The molecule has 0 spiro atoms. The molecule has 18 heavy (non-hydrogen) atoms. The number of nitrogen functional groups attached to an aromatic ring is 1. The number of halogens is 2. The van der Waals surface area contributed by atoms with Crippen LogP contribution in [0.5, 0.6) is 0 Å². The minimum atomic E-state index is 0.0929. The second-order valence-electron chi connectivity index (χ2n) is 4.12. The van der Waals surface area contributed by atoms with Gasteiger partial charge >= 0.3 is 0 Å². The van der Waals surface area contributed by atoms with E-state index in [1.807, 2.05) is 42.5 Å². The molecule has 2 nitrogen and oxygen atoms in total. The average molecular weight is 326 g/mol. The second-order valence-corrected chi connectivity index (χ2v) is 5.44. The second kappa shape index (κ2) is 5.63. The van der Waals surface area contributed by atoms with Crippen molar-refractivity contribution in [2.24, 2.45) is 0 Å². The van der Waals surface area contributed by atoms with E-state index in [-0.39, 0.29) is 6.04 Å². The Morgan fingerprint density at radius 2 is 1.94 bits per heavy atom. The van der Waals surface area contributed by atoms with Crippen LogP contribution < -0.4 is 11.1 Å². The number of hydrogen-bond acceptors (Lipinski definition) is 2. The Morgan fingerprint density at radius 1 is 1.22 bits per heavy atom. The zero-order valence-electron chi connectivity index (χ0n) is 9.95. The molecule has 1 unspecified atom stereocenters. The largest absolute Gasteiger partial charge is 0.397 e. The zero-order valence-corrected chi connectivity index (χ0v) is 12.3. The lowest BCUT2D eigenvalue weighted by Gasteiger charge is -2.18. The van der Waals surface area contributed by atoms with Crippen LogP contribution in [0.1, 0.15) is 18.5 Å². The van der Waals surface area contributed by atoms with E-state index in [4.69, 9.17) is 17.3 Å². The summed E-state index contributed by atoms with van der Waals surface area (Å²) in [6.07, 6.45) is 0. The molecule has 0 aliphatic rings. The quantitative estimate of drug-likeness (QED) is 0.791. The van der Waals surface area contributed by atoms with Gasteiger partial charge in [0.15, 0.2) is 0 Å². The fourth-order valence-corrected chi connectivity index (χ4v) is 2.45. The fraction of sp³-hybridized carbons (Fsp3) is 0.143. The summed E-state index contributed by atoms with van der Waals surface area (Å²) >= 11 is 9.61. The van der Waals surface area contributed by atoms with Gasteiger partial charge in [-0.25, -0.2) is 0 Å². The number of benzene rings is 2. The van der Waals surface area contributed by atoms with Crippen LogP contribution in [0.3, 0.4) is 0 Å². The Hall–Kier alpha value is -1.19.